The number of hydrogen-bond acceptors (Lipinski definition) is 3. The van der Waals surface area contributed by atoms with Crippen molar-refractivity contribution in [3.05, 3.63) is 29.8 Å². The summed E-state index contributed by atoms with van der Waals surface area (Å²) in [4.78, 5) is 11.3. The Morgan fingerprint density at radius 2 is 2.00 bits per heavy atom. The second kappa shape index (κ2) is 6.44. The molecule has 0 saturated carbocycles. The minimum Gasteiger partial charge on any atom is -0.330 e. The lowest BCUT2D eigenvalue weighted by molar-refractivity contribution is -0.113. The van der Waals surface area contributed by atoms with E-state index in [1.807, 2.05) is 0 Å². The first-order chi connectivity index (χ1) is 7.65. The second-order valence-electron chi connectivity index (χ2n) is 2.99. The van der Waals surface area contributed by atoms with Crippen molar-refractivity contribution in [2.75, 3.05) is 23.4 Å². The van der Waals surface area contributed by atoms with Gasteiger partial charge in [-0.25, -0.2) is 8.78 Å². The number of carbonyl (C=O) groups is 1. The molecule has 0 aromatic heterocycles. The first-order valence-electron chi connectivity index (χ1n) is 4.67. The molecule has 88 valence electrons. The van der Waals surface area contributed by atoms with E-state index < -0.39 is 23.2 Å². The predicted octanol–water partition coefficient (Wildman–Crippen LogP) is 1.60. The number of amides is 1. The van der Waals surface area contributed by atoms with Crippen LogP contribution in [0.25, 0.3) is 0 Å². The van der Waals surface area contributed by atoms with Gasteiger partial charge in [0.1, 0.15) is 17.3 Å². The van der Waals surface area contributed by atoms with E-state index in [1.54, 1.807) is 0 Å². The third-order valence-corrected chi connectivity index (χ3v) is 2.71. The minimum atomic E-state index is -0.780. The van der Waals surface area contributed by atoms with E-state index in [9.17, 15) is 13.6 Å². The van der Waals surface area contributed by atoms with E-state index in [4.69, 9.17) is 5.73 Å². The maximum Gasteiger partial charge on any atom is 0.234 e. The van der Waals surface area contributed by atoms with Crippen molar-refractivity contribution in [1.82, 2.24) is 0 Å². The Bertz CT molecular complexity index is 354. The van der Waals surface area contributed by atoms with Gasteiger partial charge in [-0.2, -0.15) is 11.8 Å². The van der Waals surface area contributed by atoms with Gasteiger partial charge in [0.15, 0.2) is 0 Å². The molecule has 3 nitrogen and oxygen atoms in total. The van der Waals surface area contributed by atoms with Gasteiger partial charge >= 0.3 is 0 Å². The maximum absolute atomic E-state index is 13.1. The molecule has 1 aromatic rings. The van der Waals surface area contributed by atoms with Crippen LogP contribution in [0.4, 0.5) is 14.5 Å². The molecule has 0 atom stereocenters. The van der Waals surface area contributed by atoms with Gasteiger partial charge in [0.05, 0.1) is 5.75 Å². The van der Waals surface area contributed by atoms with Gasteiger partial charge in [-0.05, 0) is 12.1 Å². The van der Waals surface area contributed by atoms with E-state index >= 15 is 0 Å². The molecular formula is C10H12F2N2OS. The molecule has 6 heteroatoms. The van der Waals surface area contributed by atoms with Crippen molar-refractivity contribution in [3.63, 3.8) is 0 Å². The van der Waals surface area contributed by atoms with Crippen LogP contribution in [-0.2, 0) is 4.79 Å². The van der Waals surface area contributed by atoms with E-state index in [0.717, 1.165) is 12.1 Å². The fourth-order valence-corrected chi connectivity index (χ4v) is 1.61. The molecule has 0 fully saturated rings. The van der Waals surface area contributed by atoms with Gasteiger partial charge in [0, 0.05) is 12.3 Å². The Labute approximate surface area is 96.4 Å². The van der Waals surface area contributed by atoms with Crippen LogP contribution in [-0.4, -0.2) is 24.0 Å². The Morgan fingerprint density at radius 3 is 2.56 bits per heavy atom. The molecule has 0 aliphatic heterocycles. The maximum atomic E-state index is 13.1. The molecule has 0 aliphatic rings. The van der Waals surface area contributed by atoms with E-state index in [2.05, 4.69) is 5.32 Å². The van der Waals surface area contributed by atoms with Gasteiger partial charge in [0.2, 0.25) is 5.91 Å². The molecule has 0 spiro atoms. The zero-order chi connectivity index (χ0) is 12.0. The molecule has 1 aromatic carbocycles. The Balaban J connectivity index is 2.56. The van der Waals surface area contributed by atoms with Gasteiger partial charge in [-0.1, -0.05) is 6.07 Å². The van der Waals surface area contributed by atoms with Crippen LogP contribution in [0.15, 0.2) is 18.2 Å². The SMILES string of the molecule is NCCSCC(=O)Nc1c(F)cccc1F. The lowest BCUT2D eigenvalue weighted by Gasteiger charge is -2.06. The van der Waals surface area contributed by atoms with Crippen molar-refractivity contribution in [2.45, 2.75) is 0 Å². The van der Waals surface area contributed by atoms with Crippen LogP contribution in [0.5, 0.6) is 0 Å². The van der Waals surface area contributed by atoms with Crippen molar-refractivity contribution >= 4 is 23.4 Å². The number of nitrogens with one attached hydrogen (secondary N) is 1. The molecule has 0 heterocycles. The van der Waals surface area contributed by atoms with Crippen LogP contribution in [0, 0.1) is 11.6 Å². The number of carbonyl (C=O) groups excluding carboxylic acids is 1. The molecule has 0 aliphatic carbocycles. The average Bonchev–Trinajstić information content (AvgIpc) is 2.24. The van der Waals surface area contributed by atoms with E-state index in [-0.39, 0.29) is 5.75 Å². The largest absolute Gasteiger partial charge is 0.330 e. The summed E-state index contributed by atoms with van der Waals surface area (Å²) in [5.41, 5.74) is 4.84. The monoisotopic (exact) mass is 246 g/mol. The summed E-state index contributed by atoms with van der Waals surface area (Å²) in [6, 6.07) is 3.42. The summed E-state index contributed by atoms with van der Waals surface area (Å²) in [7, 11) is 0. The third kappa shape index (κ3) is 3.79. The summed E-state index contributed by atoms with van der Waals surface area (Å²) in [6.07, 6.45) is 0. The third-order valence-electron chi connectivity index (χ3n) is 1.72. The van der Waals surface area contributed by atoms with Crippen LogP contribution in [0.2, 0.25) is 0 Å². The fourth-order valence-electron chi connectivity index (χ4n) is 1.04. The van der Waals surface area contributed by atoms with Crippen molar-refractivity contribution < 1.29 is 13.6 Å². The summed E-state index contributed by atoms with van der Waals surface area (Å²) >= 11 is 1.31. The van der Waals surface area contributed by atoms with Crippen molar-refractivity contribution in [1.29, 1.82) is 0 Å². The highest BCUT2D eigenvalue weighted by molar-refractivity contribution is 7.99. The molecule has 0 bridgehead atoms. The number of para-hydroxylation sites is 1. The molecule has 0 radical (unpaired) electrons. The van der Waals surface area contributed by atoms with Crippen LogP contribution >= 0.6 is 11.8 Å². The standard InChI is InChI=1S/C10H12F2N2OS/c11-7-2-1-3-8(12)10(7)14-9(15)6-16-5-4-13/h1-3H,4-6,13H2,(H,14,15). The van der Waals surface area contributed by atoms with Crippen LogP contribution in [0.3, 0.4) is 0 Å². The van der Waals surface area contributed by atoms with Crippen LogP contribution in [0.1, 0.15) is 0 Å². The predicted molar refractivity (Wildman–Crippen MR) is 61.4 cm³/mol. The quantitative estimate of drug-likeness (QED) is 0.776. The Kier molecular flexibility index (Phi) is 5.21. The molecule has 1 amide bonds. The number of thioether (sulfide) groups is 1. The number of anilines is 1. The fraction of sp³-hybridized carbons (Fsp3) is 0.300. The topological polar surface area (TPSA) is 55.1 Å². The number of hydrogen-bond donors (Lipinski definition) is 2. The van der Waals surface area contributed by atoms with Gasteiger partial charge in [-0.15, -0.1) is 0 Å². The summed E-state index contributed by atoms with van der Waals surface area (Å²) in [5, 5.41) is 2.19. The molecule has 16 heavy (non-hydrogen) atoms. The van der Waals surface area contributed by atoms with Gasteiger partial charge in [-0.3, -0.25) is 4.79 Å². The lowest BCUT2D eigenvalue weighted by atomic mass is 10.3. The highest BCUT2D eigenvalue weighted by Gasteiger charge is 2.11. The second-order valence-corrected chi connectivity index (χ2v) is 4.09. The minimum absolute atomic E-state index is 0.130. The molecule has 3 N–H and O–H groups in total. The molecular weight excluding hydrogens is 234 g/mol. The highest BCUT2D eigenvalue weighted by atomic mass is 32.2. The number of rotatable bonds is 5. The van der Waals surface area contributed by atoms with E-state index in [1.165, 1.54) is 17.8 Å². The number of halogens is 2. The Hall–Kier alpha value is -1.14. The normalized spacial score (nSPS) is 10.2. The Morgan fingerprint density at radius 1 is 1.38 bits per heavy atom. The van der Waals surface area contributed by atoms with E-state index in [0.29, 0.717) is 12.3 Å². The first kappa shape index (κ1) is 12.9. The smallest absolute Gasteiger partial charge is 0.234 e. The van der Waals surface area contributed by atoms with Crippen LogP contribution < -0.4 is 11.1 Å². The highest BCUT2D eigenvalue weighted by Crippen LogP contribution is 2.18. The zero-order valence-corrected chi connectivity index (χ0v) is 9.32. The number of benzene rings is 1. The van der Waals surface area contributed by atoms with Crippen molar-refractivity contribution in [3.8, 4) is 0 Å². The van der Waals surface area contributed by atoms with Gasteiger partial charge < -0.3 is 11.1 Å². The number of nitrogens with two attached hydrogens (primary N) is 1. The summed E-state index contributed by atoms with van der Waals surface area (Å²) < 4.78 is 26.2. The molecule has 0 saturated heterocycles. The van der Waals surface area contributed by atoms with Gasteiger partial charge in [0.25, 0.3) is 0 Å². The lowest BCUT2D eigenvalue weighted by Crippen LogP contribution is -2.17. The molecule has 0 unspecified atom stereocenters. The summed E-state index contributed by atoms with van der Waals surface area (Å²) in [5.74, 6) is -1.24. The molecule has 1 rings (SSSR count). The van der Waals surface area contributed by atoms with Crippen molar-refractivity contribution in [2.24, 2.45) is 5.73 Å². The average molecular weight is 246 g/mol. The zero-order valence-electron chi connectivity index (χ0n) is 8.50. The first-order valence-corrected chi connectivity index (χ1v) is 5.82. The summed E-state index contributed by atoms with van der Waals surface area (Å²) in [6.45, 7) is 0.464.